The molecule has 17 heavy (non-hydrogen) atoms. The molecular formula is C11H13ClN4O. The standard InChI is InChI=1S/C11H13ClN4O/c1-13-11-15-7-9(12)10(16-11)14-5-4-8-3-2-6-17-8/h2-3,6-7H,4-5H2,1H3,(H2,13,14,15,16). The van der Waals surface area contributed by atoms with E-state index in [2.05, 4.69) is 20.6 Å². The molecule has 90 valence electrons. The molecule has 0 amide bonds. The highest BCUT2D eigenvalue weighted by Crippen LogP contribution is 2.19. The summed E-state index contributed by atoms with van der Waals surface area (Å²) >= 11 is 5.98. The lowest BCUT2D eigenvalue weighted by Gasteiger charge is -2.07. The fraction of sp³-hybridized carbons (Fsp3) is 0.273. The van der Waals surface area contributed by atoms with Crippen LogP contribution < -0.4 is 10.6 Å². The first-order valence-corrected chi connectivity index (χ1v) is 5.64. The zero-order valence-electron chi connectivity index (χ0n) is 9.40. The average molecular weight is 253 g/mol. The van der Waals surface area contributed by atoms with Crippen molar-refractivity contribution in [2.24, 2.45) is 0 Å². The Morgan fingerprint density at radius 3 is 3.06 bits per heavy atom. The normalized spacial score (nSPS) is 10.2. The highest BCUT2D eigenvalue weighted by Gasteiger charge is 2.04. The number of nitrogens with one attached hydrogen (secondary N) is 2. The first kappa shape index (κ1) is 11.7. The van der Waals surface area contributed by atoms with Gasteiger partial charge in [-0.3, -0.25) is 0 Å². The summed E-state index contributed by atoms with van der Waals surface area (Å²) in [5, 5.41) is 6.51. The molecule has 0 aliphatic rings. The van der Waals surface area contributed by atoms with E-state index in [0.29, 0.717) is 23.3 Å². The highest BCUT2D eigenvalue weighted by molar-refractivity contribution is 6.32. The molecule has 0 fully saturated rings. The summed E-state index contributed by atoms with van der Waals surface area (Å²) in [6.07, 6.45) is 4.00. The largest absolute Gasteiger partial charge is 0.469 e. The van der Waals surface area contributed by atoms with E-state index in [9.17, 15) is 0 Å². The fourth-order valence-electron chi connectivity index (χ4n) is 1.37. The molecule has 5 nitrogen and oxygen atoms in total. The van der Waals surface area contributed by atoms with Crippen LogP contribution in [0.15, 0.2) is 29.0 Å². The molecular weight excluding hydrogens is 240 g/mol. The number of aromatic nitrogens is 2. The van der Waals surface area contributed by atoms with Gasteiger partial charge in [-0.15, -0.1) is 0 Å². The number of hydrogen-bond donors (Lipinski definition) is 2. The van der Waals surface area contributed by atoms with Crippen LogP contribution in [0.5, 0.6) is 0 Å². The van der Waals surface area contributed by atoms with Crippen molar-refractivity contribution < 1.29 is 4.42 Å². The van der Waals surface area contributed by atoms with Crippen LogP contribution in [0.1, 0.15) is 5.76 Å². The quantitative estimate of drug-likeness (QED) is 0.856. The van der Waals surface area contributed by atoms with Crippen LogP contribution in [0, 0.1) is 0 Å². The highest BCUT2D eigenvalue weighted by atomic mass is 35.5. The summed E-state index contributed by atoms with van der Waals surface area (Å²) in [4.78, 5) is 8.22. The molecule has 0 spiro atoms. The zero-order chi connectivity index (χ0) is 12.1. The molecule has 2 aromatic heterocycles. The molecule has 2 N–H and O–H groups in total. The third-order valence-corrected chi connectivity index (χ3v) is 2.49. The van der Waals surface area contributed by atoms with Crippen molar-refractivity contribution in [1.29, 1.82) is 0 Å². The van der Waals surface area contributed by atoms with Gasteiger partial charge in [-0.05, 0) is 12.1 Å². The lowest BCUT2D eigenvalue weighted by molar-refractivity contribution is 0.513. The van der Waals surface area contributed by atoms with Crippen molar-refractivity contribution in [2.45, 2.75) is 6.42 Å². The number of halogens is 1. The second-order valence-electron chi connectivity index (χ2n) is 3.40. The third-order valence-electron chi connectivity index (χ3n) is 2.21. The zero-order valence-corrected chi connectivity index (χ0v) is 10.2. The molecule has 2 aromatic rings. The summed E-state index contributed by atoms with van der Waals surface area (Å²) in [6, 6.07) is 3.80. The van der Waals surface area contributed by atoms with E-state index in [4.69, 9.17) is 16.0 Å². The third kappa shape index (κ3) is 3.10. The van der Waals surface area contributed by atoms with Gasteiger partial charge in [0.25, 0.3) is 0 Å². The van der Waals surface area contributed by atoms with Crippen molar-refractivity contribution in [2.75, 3.05) is 24.2 Å². The van der Waals surface area contributed by atoms with E-state index in [1.807, 2.05) is 12.1 Å². The van der Waals surface area contributed by atoms with E-state index in [1.54, 1.807) is 19.5 Å². The number of nitrogens with zero attached hydrogens (tertiary/aromatic N) is 2. The Labute approximate surface area is 104 Å². The Bertz CT molecular complexity index is 472. The van der Waals surface area contributed by atoms with Crippen LogP contribution in [0.25, 0.3) is 0 Å². The van der Waals surface area contributed by atoms with E-state index >= 15 is 0 Å². The molecule has 0 saturated carbocycles. The van der Waals surface area contributed by atoms with Gasteiger partial charge in [0.05, 0.1) is 12.5 Å². The van der Waals surface area contributed by atoms with E-state index in [0.717, 1.165) is 12.2 Å². The second kappa shape index (κ2) is 5.54. The number of rotatable bonds is 5. The maximum atomic E-state index is 5.98. The smallest absolute Gasteiger partial charge is 0.224 e. The lowest BCUT2D eigenvalue weighted by Crippen LogP contribution is -2.08. The molecule has 0 radical (unpaired) electrons. The van der Waals surface area contributed by atoms with Crippen LogP contribution >= 0.6 is 11.6 Å². The maximum absolute atomic E-state index is 5.98. The van der Waals surface area contributed by atoms with Crippen LogP contribution in [0.4, 0.5) is 11.8 Å². The molecule has 0 atom stereocenters. The Morgan fingerprint density at radius 1 is 1.47 bits per heavy atom. The summed E-state index contributed by atoms with van der Waals surface area (Å²) in [7, 11) is 1.76. The monoisotopic (exact) mass is 252 g/mol. The summed E-state index contributed by atoms with van der Waals surface area (Å²) in [6.45, 7) is 0.702. The van der Waals surface area contributed by atoms with E-state index in [1.165, 1.54) is 0 Å². The molecule has 0 unspecified atom stereocenters. The molecule has 6 heteroatoms. The molecule has 0 aromatic carbocycles. The van der Waals surface area contributed by atoms with Gasteiger partial charge >= 0.3 is 0 Å². The lowest BCUT2D eigenvalue weighted by atomic mass is 10.3. The summed E-state index contributed by atoms with van der Waals surface area (Å²) < 4.78 is 5.23. The fourth-order valence-corrected chi connectivity index (χ4v) is 1.53. The van der Waals surface area contributed by atoms with Crippen LogP contribution in [0.2, 0.25) is 5.02 Å². The summed E-state index contributed by atoms with van der Waals surface area (Å²) in [5.74, 6) is 2.09. The summed E-state index contributed by atoms with van der Waals surface area (Å²) in [5.41, 5.74) is 0. The number of furan rings is 1. The van der Waals surface area contributed by atoms with Gasteiger partial charge in [-0.25, -0.2) is 4.98 Å². The van der Waals surface area contributed by atoms with Gasteiger partial charge in [0, 0.05) is 20.0 Å². The topological polar surface area (TPSA) is 63.0 Å². The maximum Gasteiger partial charge on any atom is 0.224 e. The van der Waals surface area contributed by atoms with Gasteiger partial charge in [-0.2, -0.15) is 4.98 Å². The van der Waals surface area contributed by atoms with Crippen LogP contribution in [-0.2, 0) is 6.42 Å². The van der Waals surface area contributed by atoms with Crippen molar-refractivity contribution in [3.05, 3.63) is 35.4 Å². The SMILES string of the molecule is CNc1ncc(Cl)c(NCCc2ccco2)n1. The van der Waals surface area contributed by atoms with E-state index < -0.39 is 0 Å². The van der Waals surface area contributed by atoms with Crippen molar-refractivity contribution in [3.63, 3.8) is 0 Å². The predicted molar refractivity (Wildman–Crippen MR) is 67.5 cm³/mol. The van der Waals surface area contributed by atoms with Crippen molar-refractivity contribution >= 4 is 23.4 Å². The van der Waals surface area contributed by atoms with Gasteiger partial charge in [0.1, 0.15) is 16.6 Å². The first-order chi connectivity index (χ1) is 8.29. The van der Waals surface area contributed by atoms with Gasteiger partial charge in [0.2, 0.25) is 5.95 Å². The molecule has 0 bridgehead atoms. The Balaban J connectivity index is 1.94. The van der Waals surface area contributed by atoms with E-state index in [-0.39, 0.29) is 0 Å². The average Bonchev–Trinajstić information content (AvgIpc) is 2.84. The minimum atomic E-state index is 0.503. The molecule has 0 aliphatic carbocycles. The second-order valence-corrected chi connectivity index (χ2v) is 3.80. The van der Waals surface area contributed by atoms with Crippen molar-refractivity contribution in [3.8, 4) is 0 Å². The van der Waals surface area contributed by atoms with Gasteiger partial charge < -0.3 is 15.1 Å². The number of anilines is 2. The first-order valence-electron chi connectivity index (χ1n) is 5.26. The van der Waals surface area contributed by atoms with Crippen LogP contribution in [-0.4, -0.2) is 23.6 Å². The minimum absolute atomic E-state index is 0.503. The molecule has 0 aliphatic heterocycles. The number of hydrogen-bond acceptors (Lipinski definition) is 5. The van der Waals surface area contributed by atoms with Gasteiger partial charge in [0.15, 0.2) is 0 Å². The molecule has 2 heterocycles. The van der Waals surface area contributed by atoms with Crippen LogP contribution in [0.3, 0.4) is 0 Å². The minimum Gasteiger partial charge on any atom is -0.469 e. The Hall–Kier alpha value is -1.75. The molecule has 2 rings (SSSR count). The van der Waals surface area contributed by atoms with Gasteiger partial charge in [-0.1, -0.05) is 11.6 Å². The van der Waals surface area contributed by atoms with Crippen molar-refractivity contribution in [1.82, 2.24) is 9.97 Å². The predicted octanol–water partition coefficient (Wildman–Crippen LogP) is 2.42. The molecule has 0 saturated heterocycles. The Morgan fingerprint density at radius 2 is 2.35 bits per heavy atom. The Kier molecular flexibility index (Phi) is 3.82.